The Hall–Kier alpha value is -3.74. The molecule has 0 radical (unpaired) electrons. The molecular formula is C23H20N2O5. The molecule has 7 nitrogen and oxygen atoms in total. The fourth-order valence-corrected chi connectivity index (χ4v) is 3.69. The molecule has 4 rings (SSSR count). The summed E-state index contributed by atoms with van der Waals surface area (Å²) in [5.74, 6) is -1.46. The molecule has 2 amide bonds. The van der Waals surface area contributed by atoms with Crippen molar-refractivity contribution >= 4 is 40.2 Å². The summed E-state index contributed by atoms with van der Waals surface area (Å²) in [5, 5.41) is 0.784. The minimum absolute atomic E-state index is 0.190. The van der Waals surface area contributed by atoms with Crippen LogP contribution in [0.25, 0.3) is 10.9 Å². The van der Waals surface area contributed by atoms with Gasteiger partial charge in [-0.1, -0.05) is 18.2 Å². The number of nitrogens with one attached hydrogen (secondary N) is 1. The van der Waals surface area contributed by atoms with Crippen molar-refractivity contribution in [2.75, 3.05) is 4.90 Å². The van der Waals surface area contributed by atoms with Crippen LogP contribution in [0.4, 0.5) is 5.69 Å². The number of rotatable bonds is 5. The average molecular weight is 404 g/mol. The zero-order valence-corrected chi connectivity index (χ0v) is 16.6. The van der Waals surface area contributed by atoms with Crippen molar-refractivity contribution in [3.05, 3.63) is 65.4 Å². The van der Waals surface area contributed by atoms with Gasteiger partial charge < -0.3 is 9.72 Å². The fraction of sp³-hybridized carbons (Fsp3) is 0.217. The lowest BCUT2D eigenvalue weighted by molar-refractivity contribution is -0.121. The number of aryl methyl sites for hydroxylation is 1. The monoisotopic (exact) mass is 404 g/mol. The van der Waals surface area contributed by atoms with E-state index in [1.165, 1.54) is 31.2 Å². The molecule has 3 aromatic rings. The lowest BCUT2D eigenvalue weighted by Crippen LogP contribution is -2.28. The summed E-state index contributed by atoms with van der Waals surface area (Å²) in [6.07, 6.45) is -0.595. The van der Waals surface area contributed by atoms with Crippen LogP contribution in [-0.4, -0.2) is 34.7 Å². The molecule has 0 aliphatic carbocycles. The number of amides is 2. The molecule has 30 heavy (non-hydrogen) atoms. The Bertz CT molecular complexity index is 1160. The number of anilines is 1. The van der Waals surface area contributed by atoms with E-state index in [1.807, 2.05) is 24.3 Å². The fourth-order valence-electron chi connectivity index (χ4n) is 3.69. The molecule has 2 aromatic carbocycles. The second-order valence-corrected chi connectivity index (χ2v) is 7.25. The molecule has 1 saturated heterocycles. The molecule has 0 saturated carbocycles. The van der Waals surface area contributed by atoms with Gasteiger partial charge in [-0.05, 0) is 44.2 Å². The Labute approximate surface area is 172 Å². The molecule has 2 heterocycles. The lowest BCUT2D eigenvalue weighted by Gasteiger charge is -2.15. The van der Waals surface area contributed by atoms with Crippen molar-refractivity contribution in [1.29, 1.82) is 0 Å². The topological polar surface area (TPSA) is 96.5 Å². The molecule has 0 spiro atoms. The van der Waals surface area contributed by atoms with Crippen LogP contribution in [0.1, 0.15) is 46.2 Å². The number of nitrogens with zero attached hydrogens (tertiary/aromatic N) is 1. The number of Topliss-reactive ketones (excluding diaryl/α,β-unsaturated/α-hetero) is 1. The first-order valence-electron chi connectivity index (χ1n) is 9.65. The van der Waals surface area contributed by atoms with Crippen LogP contribution in [-0.2, 0) is 14.3 Å². The number of carbonyl (C=O) groups is 4. The Morgan fingerprint density at radius 1 is 1.00 bits per heavy atom. The van der Waals surface area contributed by atoms with Crippen LogP contribution < -0.4 is 4.90 Å². The molecule has 1 fully saturated rings. The zero-order valence-electron chi connectivity index (χ0n) is 16.6. The molecule has 1 aliphatic heterocycles. The van der Waals surface area contributed by atoms with E-state index >= 15 is 0 Å². The van der Waals surface area contributed by atoms with Crippen molar-refractivity contribution in [2.24, 2.45) is 0 Å². The molecule has 0 bridgehead atoms. The quantitative estimate of drug-likeness (QED) is 0.398. The van der Waals surface area contributed by atoms with Gasteiger partial charge in [-0.3, -0.25) is 19.3 Å². The third kappa shape index (κ3) is 3.39. The van der Waals surface area contributed by atoms with Crippen molar-refractivity contribution < 1.29 is 23.9 Å². The number of H-pyrrole nitrogens is 1. The zero-order chi connectivity index (χ0) is 21.4. The number of aromatic nitrogens is 1. The van der Waals surface area contributed by atoms with Gasteiger partial charge >= 0.3 is 5.97 Å². The van der Waals surface area contributed by atoms with Crippen molar-refractivity contribution in [2.45, 2.75) is 32.8 Å². The Morgan fingerprint density at radius 2 is 1.63 bits per heavy atom. The number of ketones is 1. The summed E-state index contributed by atoms with van der Waals surface area (Å²) in [5.41, 5.74) is 2.71. The Kier molecular flexibility index (Phi) is 4.95. The van der Waals surface area contributed by atoms with Gasteiger partial charge in [-0.2, -0.15) is 0 Å². The van der Waals surface area contributed by atoms with Gasteiger partial charge in [0.05, 0.1) is 11.3 Å². The van der Waals surface area contributed by atoms with Crippen molar-refractivity contribution in [3.63, 3.8) is 0 Å². The van der Waals surface area contributed by atoms with Gasteiger partial charge in [0.15, 0.2) is 6.10 Å². The summed E-state index contributed by atoms with van der Waals surface area (Å²) < 4.78 is 5.38. The molecule has 1 atom stereocenters. The van der Waals surface area contributed by atoms with Crippen LogP contribution in [0.3, 0.4) is 0 Å². The lowest BCUT2D eigenvalue weighted by atomic mass is 10.0. The maximum absolute atomic E-state index is 12.9. The second kappa shape index (κ2) is 7.59. The summed E-state index contributed by atoms with van der Waals surface area (Å²) in [7, 11) is 0. The number of aromatic amines is 1. The standard InChI is InChI=1S/C23H20N2O5/c1-13-21(17-5-3-4-6-18(17)24-13)22(28)14(2)30-23(29)15-7-9-16(10-8-15)25-19(26)11-12-20(25)27/h3-10,14,24H,11-12H2,1-2H3/t14-/m1/s1. The normalized spacial score (nSPS) is 14.9. The van der Waals surface area contributed by atoms with Gasteiger partial charge in [0.25, 0.3) is 0 Å². The smallest absolute Gasteiger partial charge is 0.338 e. The first-order valence-corrected chi connectivity index (χ1v) is 9.65. The van der Waals surface area contributed by atoms with E-state index in [0.29, 0.717) is 16.9 Å². The van der Waals surface area contributed by atoms with Crippen molar-refractivity contribution in [1.82, 2.24) is 4.98 Å². The van der Waals surface area contributed by atoms with E-state index in [-0.39, 0.29) is 36.0 Å². The highest BCUT2D eigenvalue weighted by atomic mass is 16.5. The Morgan fingerprint density at radius 3 is 2.30 bits per heavy atom. The summed E-state index contributed by atoms with van der Waals surface area (Å²) >= 11 is 0. The SMILES string of the molecule is Cc1[nH]c2ccccc2c1C(=O)[C@@H](C)OC(=O)c1ccc(N2C(=O)CCC2=O)cc1. The first kappa shape index (κ1) is 19.6. The maximum atomic E-state index is 12.9. The van der Waals surface area contributed by atoms with Gasteiger partial charge in [0.2, 0.25) is 17.6 Å². The van der Waals surface area contributed by atoms with Gasteiger partial charge in [0, 0.05) is 35.0 Å². The highest BCUT2D eigenvalue weighted by molar-refractivity contribution is 6.20. The van der Waals surface area contributed by atoms with E-state index in [1.54, 1.807) is 6.92 Å². The number of esters is 1. The molecule has 0 unspecified atom stereocenters. The van der Waals surface area contributed by atoms with Crippen LogP contribution in [0.15, 0.2) is 48.5 Å². The molecule has 152 valence electrons. The van der Waals surface area contributed by atoms with Crippen molar-refractivity contribution in [3.8, 4) is 0 Å². The minimum atomic E-state index is -0.975. The number of imide groups is 1. The number of hydrogen-bond acceptors (Lipinski definition) is 5. The maximum Gasteiger partial charge on any atom is 0.338 e. The predicted octanol–water partition coefficient (Wildman–Crippen LogP) is 3.56. The highest BCUT2D eigenvalue weighted by Gasteiger charge is 2.30. The third-order valence-electron chi connectivity index (χ3n) is 5.21. The van der Waals surface area contributed by atoms with E-state index in [0.717, 1.165) is 15.8 Å². The molecule has 1 aromatic heterocycles. The van der Waals surface area contributed by atoms with E-state index < -0.39 is 12.1 Å². The molecule has 7 heteroatoms. The van der Waals surface area contributed by atoms with Crippen LogP contribution in [0, 0.1) is 6.92 Å². The number of benzene rings is 2. The minimum Gasteiger partial charge on any atom is -0.451 e. The third-order valence-corrected chi connectivity index (χ3v) is 5.21. The Balaban J connectivity index is 1.49. The second-order valence-electron chi connectivity index (χ2n) is 7.25. The predicted molar refractivity (Wildman–Crippen MR) is 110 cm³/mol. The van der Waals surface area contributed by atoms with Gasteiger partial charge in [-0.25, -0.2) is 4.79 Å². The summed E-state index contributed by atoms with van der Waals surface area (Å²) in [6.45, 7) is 3.35. The van der Waals surface area contributed by atoms with Crippen LogP contribution in [0.5, 0.6) is 0 Å². The number of ether oxygens (including phenoxy) is 1. The number of carbonyl (C=O) groups excluding carboxylic acids is 4. The van der Waals surface area contributed by atoms with Crippen LogP contribution in [0.2, 0.25) is 0 Å². The number of hydrogen-bond donors (Lipinski definition) is 1. The largest absolute Gasteiger partial charge is 0.451 e. The molecule has 1 N–H and O–H groups in total. The summed E-state index contributed by atoms with van der Waals surface area (Å²) in [6, 6.07) is 13.5. The highest BCUT2D eigenvalue weighted by Crippen LogP contribution is 2.25. The molecule has 1 aliphatic rings. The summed E-state index contributed by atoms with van der Waals surface area (Å²) in [4.78, 5) is 53.4. The number of fused-ring (bicyclic) bond motifs is 1. The first-order chi connectivity index (χ1) is 14.4. The van der Waals surface area contributed by atoms with Crippen LogP contribution >= 0.6 is 0 Å². The van der Waals surface area contributed by atoms with Gasteiger partial charge in [0.1, 0.15) is 0 Å². The molecular weight excluding hydrogens is 384 g/mol. The van der Waals surface area contributed by atoms with E-state index in [9.17, 15) is 19.2 Å². The number of para-hydroxylation sites is 1. The van der Waals surface area contributed by atoms with E-state index in [2.05, 4.69) is 4.98 Å². The average Bonchev–Trinajstić information content (AvgIpc) is 3.25. The van der Waals surface area contributed by atoms with E-state index in [4.69, 9.17) is 4.74 Å². The van der Waals surface area contributed by atoms with Gasteiger partial charge in [-0.15, -0.1) is 0 Å².